The van der Waals surface area contributed by atoms with Crippen LogP contribution in [0.1, 0.15) is 16.1 Å². The van der Waals surface area contributed by atoms with E-state index < -0.39 is 15.9 Å². The molecule has 10 heteroatoms. The standard InChI is InChI=1S/C18H15N5O4S/c1-11-9-16(22-27-11)23-28(25,26)13-6-4-5-12(10-13)17(24)21-18-19-14-7-2-3-8-15(14)20-18/h2-10H,1H3,(H,22,23)(H2,19,20,21,24). The number of imidazole rings is 1. The minimum absolute atomic E-state index is 0.0645. The van der Waals surface area contributed by atoms with E-state index in [0.29, 0.717) is 11.3 Å². The Labute approximate surface area is 159 Å². The van der Waals surface area contributed by atoms with Crippen molar-refractivity contribution in [1.29, 1.82) is 0 Å². The van der Waals surface area contributed by atoms with Gasteiger partial charge in [0.2, 0.25) is 5.95 Å². The van der Waals surface area contributed by atoms with Crippen LogP contribution in [0, 0.1) is 6.92 Å². The number of carbonyl (C=O) groups is 1. The molecule has 0 saturated heterocycles. The van der Waals surface area contributed by atoms with E-state index in [1.54, 1.807) is 6.92 Å². The number of carbonyl (C=O) groups excluding carboxylic acids is 1. The number of para-hydroxylation sites is 2. The van der Waals surface area contributed by atoms with Gasteiger partial charge in [-0.25, -0.2) is 13.4 Å². The zero-order valence-electron chi connectivity index (χ0n) is 14.6. The lowest BCUT2D eigenvalue weighted by Gasteiger charge is -2.07. The molecule has 2 aromatic carbocycles. The van der Waals surface area contributed by atoms with Crippen molar-refractivity contribution < 1.29 is 17.7 Å². The van der Waals surface area contributed by atoms with Crippen LogP contribution >= 0.6 is 0 Å². The number of aromatic nitrogens is 3. The van der Waals surface area contributed by atoms with Gasteiger partial charge in [0.15, 0.2) is 5.82 Å². The molecule has 0 spiro atoms. The van der Waals surface area contributed by atoms with Crippen LogP contribution in [0.4, 0.5) is 11.8 Å². The number of rotatable bonds is 5. The fourth-order valence-corrected chi connectivity index (χ4v) is 3.64. The SMILES string of the molecule is Cc1cc(NS(=O)(=O)c2cccc(C(=O)Nc3nc4ccccc4[nH]3)c2)no1. The Morgan fingerprint density at radius 2 is 1.93 bits per heavy atom. The molecule has 0 aliphatic rings. The highest BCUT2D eigenvalue weighted by Gasteiger charge is 2.18. The van der Waals surface area contributed by atoms with E-state index in [4.69, 9.17) is 4.52 Å². The first kappa shape index (κ1) is 17.7. The minimum Gasteiger partial charge on any atom is -0.360 e. The molecule has 4 aromatic rings. The number of H-pyrrole nitrogens is 1. The molecule has 3 N–H and O–H groups in total. The first-order valence-corrected chi connectivity index (χ1v) is 9.71. The van der Waals surface area contributed by atoms with Crippen LogP contribution in [0.2, 0.25) is 0 Å². The van der Waals surface area contributed by atoms with Gasteiger partial charge in [0, 0.05) is 11.6 Å². The van der Waals surface area contributed by atoms with Crippen LogP contribution in [-0.2, 0) is 10.0 Å². The molecule has 1 amide bonds. The summed E-state index contributed by atoms with van der Waals surface area (Å²) in [6.07, 6.45) is 0. The van der Waals surface area contributed by atoms with Crippen LogP contribution in [0.25, 0.3) is 11.0 Å². The Hall–Kier alpha value is -3.66. The lowest BCUT2D eigenvalue weighted by molar-refractivity contribution is 0.102. The third kappa shape index (κ3) is 3.58. The molecule has 0 unspecified atom stereocenters. The van der Waals surface area contributed by atoms with E-state index in [1.165, 1.54) is 30.3 Å². The van der Waals surface area contributed by atoms with Gasteiger partial charge in [-0.3, -0.25) is 14.8 Å². The predicted molar refractivity (Wildman–Crippen MR) is 103 cm³/mol. The largest absolute Gasteiger partial charge is 0.360 e. The number of benzene rings is 2. The third-order valence-electron chi connectivity index (χ3n) is 3.89. The van der Waals surface area contributed by atoms with Crippen LogP contribution in [0.15, 0.2) is 64.0 Å². The second-order valence-electron chi connectivity index (χ2n) is 6.01. The summed E-state index contributed by atoms with van der Waals surface area (Å²) in [6, 6.07) is 14.4. The van der Waals surface area contributed by atoms with Gasteiger partial charge >= 0.3 is 0 Å². The summed E-state index contributed by atoms with van der Waals surface area (Å²) in [5.41, 5.74) is 1.65. The van der Waals surface area contributed by atoms with Gasteiger partial charge in [0.05, 0.1) is 15.9 Å². The molecule has 0 saturated carbocycles. The molecule has 9 nitrogen and oxygen atoms in total. The zero-order chi connectivity index (χ0) is 19.7. The summed E-state index contributed by atoms with van der Waals surface area (Å²) >= 11 is 0. The van der Waals surface area contributed by atoms with Crippen molar-refractivity contribution in [3.63, 3.8) is 0 Å². The number of fused-ring (bicyclic) bond motifs is 1. The Morgan fingerprint density at radius 3 is 2.68 bits per heavy atom. The second-order valence-corrected chi connectivity index (χ2v) is 7.70. The molecule has 0 aliphatic carbocycles. The van der Waals surface area contributed by atoms with E-state index >= 15 is 0 Å². The van der Waals surface area contributed by atoms with Gasteiger partial charge in [-0.05, 0) is 37.3 Å². The Morgan fingerprint density at radius 1 is 1.11 bits per heavy atom. The smallest absolute Gasteiger partial charge is 0.263 e. The third-order valence-corrected chi connectivity index (χ3v) is 5.25. The van der Waals surface area contributed by atoms with Crippen molar-refractivity contribution in [2.75, 3.05) is 10.0 Å². The van der Waals surface area contributed by atoms with Crippen LogP contribution in [-0.4, -0.2) is 29.4 Å². The Kier molecular flexibility index (Phi) is 4.32. The topological polar surface area (TPSA) is 130 Å². The summed E-state index contributed by atoms with van der Waals surface area (Å²) in [4.78, 5) is 19.7. The van der Waals surface area contributed by atoms with Crippen molar-refractivity contribution in [1.82, 2.24) is 15.1 Å². The van der Waals surface area contributed by atoms with Crippen molar-refractivity contribution in [2.24, 2.45) is 0 Å². The van der Waals surface area contributed by atoms with Crippen LogP contribution in [0.5, 0.6) is 0 Å². The quantitative estimate of drug-likeness (QED) is 0.475. The van der Waals surface area contributed by atoms with Crippen molar-refractivity contribution in [2.45, 2.75) is 11.8 Å². The maximum absolute atomic E-state index is 12.5. The lowest BCUT2D eigenvalue weighted by Crippen LogP contribution is -2.16. The van der Waals surface area contributed by atoms with E-state index in [1.807, 2.05) is 24.3 Å². The zero-order valence-corrected chi connectivity index (χ0v) is 15.4. The molecular formula is C18H15N5O4S. The van der Waals surface area contributed by atoms with E-state index in [-0.39, 0.29) is 22.2 Å². The normalized spacial score (nSPS) is 11.5. The van der Waals surface area contributed by atoms with Gasteiger partial charge in [-0.15, -0.1) is 0 Å². The molecule has 142 valence electrons. The summed E-state index contributed by atoms with van der Waals surface area (Å²) in [5.74, 6) is 0.315. The average Bonchev–Trinajstić information content (AvgIpc) is 3.26. The highest BCUT2D eigenvalue weighted by molar-refractivity contribution is 7.92. The van der Waals surface area contributed by atoms with Crippen LogP contribution < -0.4 is 10.0 Å². The molecule has 0 atom stereocenters. The number of amides is 1. The van der Waals surface area contributed by atoms with E-state index in [0.717, 1.165) is 5.52 Å². The molecule has 28 heavy (non-hydrogen) atoms. The molecule has 2 aromatic heterocycles. The number of aromatic amines is 1. The lowest BCUT2D eigenvalue weighted by atomic mass is 10.2. The Balaban J connectivity index is 1.56. The molecule has 0 radical (unpaired) electrons. The monoisotopic (exact) mass is 397 g/mol. The van der Waals surface area contributed by atoms with Gasteiger partial charge < -0.3 is 9.51 Å². The Bertz CT molecular complexity index is 1240. The minimum atomic E-state index is -3.93. The number of hydrogen-bond donors (Lipinski definition) is 3. The molecule has 0 aliphatic heterocycles. The van der Waals surface area contributed by atoms with E-state index in [9.17, 15) is 13.2 Å². The molecule has 2 heterocycles. The fourth-order valence-electron chi connectivity index (χ4n) is 2.61. The van der Waals surface area contributed by atoms with Gasteiger partial charge in [-0.1, -0.05) is 23.4 Å². The fraction of sp³-hybridized carbons (Fsp3) is 0.0556. The summed E-state index contributed by atoms with van der Waals surface area (Å²) in [7, 11) is -3.93. The maximum Gasteiger partial charge on any atom is 0.263 e. The van der Waals surface area contributed by atoms with Gasteiger partial charge in [0.1, 0.15) is 5.76 Å². The highest BCUT2D eigenvalue weighted by atomic mass is 32.2. The molecule has 0 bridgehead atoms. The number of hydrogen-bond acceptors (Lipinski definition) is 6. The first-order chi connectivity index (χ1) is 13.4. The number of nitrogens with one attached hydrogen (secondary N) is 3. The molecule has 0 fully saturated rings. The summed E-state index contributed by atoms with van der Waals surface area (Å²) in [6.45, 7) is 1.65. The number of nitrogens with zero attached hydrogens (tertiary/aromatic N) is 2. The van der Waals surface area contributed by atoms with Gasteiger partial charge in [0.25, 0.3) is 15.9 Å². The van der Waals surface area contributed by atoms with Gasteiger partial charge in [-0.2, -0.15) is 0 Å². The maximum atomic E-state index is 12.5. The predicted octanol–water partition coefficient (Wildman–Crippen LogP) is 2.91. The summed E-state index contributed by atoms with van der Waals surface area (Å²) < 4.78 is 32.2. The number of sulfonamides is 1. The highest BCUT2D eigenvalue weighted by Crippen LogP contribution is 2.18. The van der Waals surface area contributed by atoms with Crippen molar-refractivity contribution in [3.8, 4) is 0 Å². The number of aryl methyl sites for hydroxylation is 1. The van der Waals surface area contributed by atoms with E-state index in [2.05, 4.69) is 25.2 Å². The average molecular weight is 397 g/mol. The second kappa shape index (κ2) is 6.82. The number of anilines is 2. The first-order valence-electron chi connectivity index (χ1n) is 8.23. The van der Waals surface area contributed by atoms with Crippen LogP contribution in [0.3, 0.4) is 0 Å². The van der Waals surface area contributed by atoms with Crippen molar-refractivity contribution >= 4 is 38.7 Å². The summed E-state index contributed by atoms with van der Waals surface area (Å²) in [5, 5.41) is 6.23. The molecular weight excluding hydrogens is 382 g/mol. The molecule has 4 rings (SSSR count). The van der Waals surface area contributed by atoms with Crippen molar-refractivity contribution in [3.05, 3.63) is 65.9 Å².